The third-order valence-corrected chi connectivity index (χ3v) is 3.20. The molecule has 118 valence electrons. The lowest BCUT2D eigenvalue weighted by molar-refractivity contribution is -0.154. The van der Waals surface area contributed by atoms with Gasteiger partial charge in [0.15, 0.2) is 0 Å². The van der Waals surface area contributed by atoms with Gasteiger partial charge in [0.2, 0.25) is 0 Å². The van der Waals surface area contributed by atoms with E-state index in [2.05, 4.69) is 0 Å². The lowest BCUT2D eigenvalue weighted by Gasteiger charge is -2.25. The topological polar surface area (TPSA) is 46.5 Å². The van der Waals surface area contributed by atoms with Gasteiger partial charge in [-0.2, -0.15) is 13.2 Å². The number of aliphatic hydroxyl groups excluding tert-OH is 1. The molecular formula is C15H19F3O3. The van der Waals surface area contributed by atoms with Crippen LogP contribution in [0.1, 0.15) is 38.0 Å². The van der Waals surface area contributed by atoms with Crippen molar-refractivity contribution < 1.29 is 27.8 Å². The molecule has 1 rings (SSSR count). The molecule has 1 aromatic carbocycles. The fourth-order valence-electron chi connectivity index (χ4n) is 2.08. The fraction of sp³-hybridized carbons (Fsp3) is 0.533. The van der Waals surface area contributed by atoms with Crippen molar-refractivity contribution in [1.82, 2.24) is 0 Å². The van der Waals surface area contributed by atoms with Crippen molar-refractivity contribution >= 4 is 5.97 Å². The number of alkyl halides is 3. The van der Waals surface area contributed by atoms with Gasteiger partial charge in [0.1, 0.15) is 0 Å². The number of halogens is 3. The summed E-state index contributed by atoms with van der Waals surface area (Å²) in [6.45, 7) is 5.32. The van der Waals surface area contributed by atoms with Gasteiger partial charge >= 0.3 is 12.1 Å². The molecule has 21 heavy (non-hydrogen) atoms. The van der Waals surface area contributed by atoms with Gasteiger partial charge in [0.25, 0.3) is 0 Å². The van der Waals surface area contributed by atoms with Crippen molar-refractivity contribution in [3.8, 4) is 0 Å². The summed E-state index contributed by atoms with van der Waals surface area (Å²) in [5.74, 6) is -1.58. The molecule has 1 aromatic rings. The van der Waals surface area contributed by atoms with Crippen molar-refractivity contribution in [2.24, 2.45) is 11.8 Å². The molecule has 2 atom stereocenters. The molecule has 0 fully saturated rings. The summed E-state index contributed by atoms with van der Waals surface area (Å²) in [4.78, 5) is 11.9. The summed E-state index contributed by atoms with van der Waals surface area (Å²) in [5.41, 5.74) is -0.537. The quantitative estimate of drug-likeness (QED) is 0.846. The van der Waals surface area contributed by atoms with Crippen LogP contribution in [0.25, 0.3) is 0 Å². The molecule has 6 heteroatoms. The Bertz CT molecular complexity index is 466. The molecule has 0 heterocycles. The lowest BCUT2D eigenvalue weighted by Crippen LogP contribution is -2.29. The highest BCUT2D eigenvalue weighted by atomic mass is 19.4. The molecule has 0 amide bonds. The van der Waals surface area contributed by atoms with E-state index in [1.807, 2.05) is 0 Å². The van der Waals surface area contributed by atoms with E-state index in [0.29, 0.717) is 0 Å². The number of carbonyl (C=O) groups excluding carboxylic acids is 1. The minimum absolute atomic E-state index is 0.182. The number of aliphatic hydroxyl groups is 1. The van der Waals surface area contributed by atoms with Gasteiger partial charge < -0.3 is 9.84 Å². The Kier molecular flexibility index (Phi) is 5.78. The minimum atomic E-state index is -4.43. The van der Waals surface area contributed by atoms with E-state index in [1.165, 1.54) is 12.1 Å². The first-order valence-corrected chi connectivity index (χ1v) is 6.70. The minimum Gasteiger partial charge on any atom is -0.466 e. The second-order valence-electron chi connectivity index (χ2n) is 5.09. The van der Waals surface area contributed by atoms with Gasteiger partial charge in [-0.15, -0.1) is 0 Å². The van der Waals surface area contributed by atoms with Crippen molar-refractivity contribution in [2.75, 3.05) is 6.61 Å². The summed E-state index contributed by atoms with van der Waals surface area (Å²) in [6.07, 6.45) is -5.63. The van der Waals surface area contributed by atoms with Crippen LogP contribution in [0.15, 0.2) is 24.3 Å². The van der Waals surface area contributed by atoms with Gasteiger partial charge in [0.05, 0.1) is 24.2 Å². The summed E-state index contributed by atoms with van der Waals surface area (Å²) < 4.78 is 42.4. The Balaban J connectivity index is 2.99. The summed E-state index contributed by atoms with van der Waals surface area (Å²) in [6, 6.07) is 4.15. The third-order valence-electron chi connectivity index (χ3n) is 3.20. The van der Waals surface area contributed by atoms with Gasteiger partial charge in [-0.1, -0.05) is 26.0 Å². The Hall–Kier alpha value is -1.56. The molecule has 0 spiro atoms. The van der Waals surface area contributed by atoms with Gasteiger partial charge in [-0.3, -0.25) is 4.79 Å². The van der Waals surface area contributed by atoms with E-state index in [9.17, 15) is 23.1 Å². The first-order chi connectivity index (χ1) is 9.68. The molecule has 0 aliphatic carbocycles. The standard InChI is InChI=1S/C15H19F3O3/c1-4-21-14(20)12(9(2)3)13(19)10-5-7-11(8-6-10)15(16,17)18/h5-9,12-13,19H,4H2,1-3H3. The monoisotopic (exact) mass is 304 g/mol. The van der Waals surface area contributed by atoms with E-state index in [1.54, 1.807) is 20.8 Å². The van der Waals surface area contributed by atoms with Crippen LogP contribution in [0.3, 0.4) is 0 Å². The van der Waals surface area contributed by atoms with E-state index in [-0.39, 0.29) is 18.1 Å². The maximum atomic E-state index is 12.5. The van der Waals surface area contributed by atoms with E-state index >= 15 is 0 Å². The molecule has 0 saturated carbocycles. The van der Waals surface area contributed by atoms with Crippen LogP contribution in [-0.4, -0.2) is 17.7 Å². The first-order valence-electron chi connectivity index (χ1n) is 6.70. The fourth-order valence-corrected chi connectivity index (χ4v) is 2.08. The molecule has 0 aliphatic heterocycles. The van der Waals surface area contributed by atoms with Crippen LogP contribution in [0, 0.1) is 11.8 Å². The van der Waals surface area contributed by atoms with Crippen LogP contribution in [0.4, 0.5) is 13.2 Å². The van der Waals surface area contributed by atoms with Crippen LogP contribution in [0.2, 0.25) is 0 Å². The zero-order valence-electron chi connectivity index (χ0n) is 12.1. The predicted molar refractivity (Wildman–Crippen MR) is 71.4 cm³/mol. The second kappa shape index (κ2) is 6.93. The van der Waals surface area contributed by atoms with Crippen molar-refractivity contribution in [2.45, 2.75) is 33.1 Å². The average Bonchev–Trinajstić information content (AvgIpc) is 2.37. The van der Waals surface area contributed by atoms with E-state index in [0.717, 1.165) is 12.1 Å². The summed E-state index contributed by atoms with van der Waals surface area (Å²) in [5, 5.41) is 10.3. The van der Waals surface area contributed by atoms with Crippen LogP contribution in [0.5, 0.6) is 0 Å². The van der Waals surface area contributed by atoms with Crippen LogP contribution in [-0.2, 0) is 15.7 Å². The zero-order chi connectivity index (χ0) is 16.2. The highest BCUT2D eigenvalue weighted by Gasteiger charge is 2.34. The molecule has 0 radical (unpaired) electrons. The molecule has 2 unspecified atom stereocenters. The van der Waals surface area contributed by atoms with Crippen molar-refractivity contribution in [1.29, 1.82) is 0 Å². The van der Waals surface area contributed by atoms with Gasteiger partial charge in [0, 0.05) is 0 Å². The van der Waals surface area contributed by atoms with Crippen LogP contribution >= 0.6 is 0 Å². The SMILES string of the molecule is CCOC(=O)C(C(C)C)C(O)c1ccc(C(F)(F)F)cc1. The molecule has 0 aromatic heterocycles. The first kappa shape index (κ1) is 17.5. The number of esters is 1. The van der Waals surface area contributed by atoms with Gasteiger partial charge in [-0.25, -0.2) is 0 Å². The Labute approximate surface area is 121 Å². The lowest BCUT2D eigenvalue weighted by atomic mass is 9.86. The third kappa shape index (κ3) is 4.46. The Morgan fingerprint density at radius 2 is 1.76 bits per heavy atom. The van der Waals surface area contributed by atoms with Crippen LogP contribution < -0.4 is 0 Å². The average molecular weight is 304 g/mol. The molecule has 1 N–H and O–H groups in total. The summed E-state index contributed by atoms with van der Waals surface area (Å²) >= 11 is 0. The number of ether oxygens (including phenoxy) is 1. The highest BCUT2D eigenvalue weighted by Crippen LogP contribution is 2.33. The molecule has 3 nitrogen and oxygen atoms in total. The smallest absolute Gasteiger partial charge is 0.416 e. The molecule has 0 bridgehead atoms. The number of carbonyl (C=O) groups is 1. The van der Waals surface area contributed by atoms with E-state index in [4.69, 9.17) is 4.74 Å². The number of rotatable bonds is 5. The maximum Gasteiger partial charge on any atom is 0.416 e. The van der Waals surface area contributed by atoms with Gasteiger partial charge in [-0.05, 0) is 30.5 Å². The Morgan fingerprint density at radius 3 is 2.14 bits per heavy atom. The predicted octanol–water partition coefficient (Wildman–Crippen LogP) is 3.57. The maximum absolute atomic E-state index is 12.5. The largest absolute Gasteiger partial charge is 0.466 e. The van der Waals surface area contributed by atoms with Crippen molar-refractivity contribution in [3.63, 3.8) is 0 Å². The molecule has 0 aliphatic rings. The van der Waals surface area contributed by atoms with E-state index < -0.39 is 29.7 Å². The normalized spacial score (nSPS) is 14.9. The second-order valence-corrected chi connectivity index (χ2v) is 5.09. The number of hydrogen-bond donors (Lipinski definition) is 1. The number of hydrogen-bond acceptors (Lipinski definition) is 3. The number of benzene rings is 1. The van der Waals surface area contributed by atoms with Crippen molar-refractivity contribution in [3.05, 3.63) is 35.4 Å². The zero-order valence-corrected chi connectivity index (χ0v) is 12.1. The Morgan fingerprint density at radius 1 is 1.24 bits per heavy atom. The molecule has 0 saturated heterocycles. The highest BCUT2D eigenvalue weighted by molar-refractivity contribution is 5.73. The molecular weight excluding hydrogens is 285 g/mol. The summed E-state index contributed by atoms with van der Waals surface area (Å²) in [7, 11) is 0.